The Balaban J connectivity index is 2.95. The van der Waals surface area contributed by atoms with Crippen molar-refractivity contribution in [2.24, 2.45) is 0 Å². The maximum absolute atomic E-state index is 4.24. The Hall–Kier alpha value is -0.230. The molecule has 0 aliphatic rings. The summed E-state index contributed by atoms with van der Waals surface area (Å²) in [5.74, 6) is 0. The van der Waals surface area contributed by atoms with Gasteiger partial charge >= 0.3 is 0 Å². The molecule has 0 fully saturated rings. The first kappa shape index (κ1) is 7.42. The highest BCUT2D eigenvalue weighted by molar-refractivity contribution is 14.1. The third kappa shape index (κ3) is 1.14. The maximum Gasteiger partial charge on any atom is 0.113 e. The lowest BCUT2D eigenvalue weighted by Gasteiger charge is -1.86. The minimum atomic E-state index is 1.04. The van der Waals surface area contributed by atoms with Crippen molar-refractivity contribution in [3.63, 3.8) is 0 Å². The molecule has 0 aliphatic carbocycles. The van der Waals surface area contributed by atoms with E-state index in [1.165, 1.54) is 7.76 Å². The molecule has 0 atom stereocenters. The van der Waals surface area contributed by atoms with Crippen LogP contribution in [0.25, 0.3) is 11.0 Å². The smallest absolute Gasteiger partial charge is 0.113 e. The molecule has 0 aliphatic heterocycles. The molecule has 0 saturated heterocycles. The second kappa shape index (κ2) is 2.67. The lowest BCUT2D eigenvalue weighted by atomic mass is 10.4. The van der Waals surface area contributed by atoms with Crippen LogP contribution < -0.4 is 0 Å². The summed E-state index contributed by atoms with van der Waals surface area (Å²) in [6.45, 7) is 2.07. The lowest BCUT2D eigenvalue weighted by molar-refractivity contribution is 1.29. The van der Waals surface area contributed by atoms with E-state index >= 15 is 0 Å². The summed E-state index contributed by atoms with van der Waals surface area (Å²) in [5.41, 5.74) is 2.08. The van der Waals surface area contributed by atoms with Gasteiger partial charge in [-0.15, -0.1) is 11.3 Å². The van der Waals surface area contributed by atoms with Crippen LogP contribution in [0.15, 0.2) is 12.4 Å². The van der Waals surface area contributed by atoms with E-state index < -0.39 is 0 Å². The van der Waals surface area contributed by atoms with Gasteiger partial charge in [-0.05, 0) is 29.5 Å². The quantitative estimate of drug-likeness (QED) is 0.691. The Morgan fingerprint density at radius 2 is 1.91 bits per heavy atom. The second-order valence-corrected chi connectivity index (χ2v) is 5.22. The number of aromatic nitrogens is 2. The number of halogens is 1. The van der Waals surface area contributed by atoms with Crippen molar-refractivity contribution >= 4 is 45.0 Å². The van der Waals surface area contributed by atoms with Crippen molar-refractivity contribution < 1.29 is 0 Å². The van der Waals surface area contributed by atoms with Crippen LogP contribution in [0, 0.1) is 9.81 Å². The predicted octanol–water partition coefficient (Wildman–Crippen LogP) is 2.60. The van der Waals surface area contributed by atoms with Gasteiger partial charge in [0.05, 0.1) is 2.88 Å². The molecule has 2 rings (SSSR count). The standard InChI is InChI=1S/C7H5IN2S/c1-4-5-6(7(8)11-4)10-3-2-9-5/h2-3H,1H3. The summed E-state index contributed by atoms with van der Waals surface area (Å²) in [5, 5.41) is 0. The van der Waals surface area contributed by atoms with Gasteiger partial charge in [-0.25, -0.2) is 0 Å². The Morgan fingerprint density at radius 1 is 1.27 bits per heavy atom. The zero-order valence-corrected chi connectivity index (χ0v) is 8.81. The van der Waals surface area contributed by atoms with Crippen LogP contribution in [0.3, 0.4) is 0 Å². The molecule has 2 aromatic heterocycles. The van der Waals surface area contributed by atoms with Crippen LogP contribution in [0.2, 0.25) is 0 Å². The van der Waals surface area contributed by atoms with E-state index in [0.717, 1.165) is 11.0 Å². The fourth-order valence-corrected chi connectivity index (χ4v) is 3.12. The molecule has 2 heterocycles. The average Bonchev–Trinajstić information content (AvgIpc) is 2.30. The Bertz CT molecular complexity index is 360. The van der Waals surface area contributed by atoms with Gasteiger partial charge < -0.3 is 0 Å². The van der Waals surface area contributed by atoms with E-state index in [0.29, 0.717) is 0 Å². The minimum Gasteiger partial charge on any atom is -0.252 e. The molecule has 2 aromatic rings. The van der Waals surface area contributed by atoms with Gasteiger partial charge in [-0.1, -0.05) is 0 Å². The molecule has 56 valence electrons. The number of fused-ring (bicyclic) bond motifs is 1. The first-order valence-electron chi connectivity index (χ1n) is 3.14. The zero-order chi connectivity index (χ0) is 7.84. The van der Waals surface area contributed by atoms with Crippen LogP contribution in [0.1, 0.15) is 4.88 Å². The lowest BCUT2D eigenvalue weighted by Crippen LogP contribution is -1.78. The average molecular weight is 276 g/mol. The SMILES string of the molecule is Cc1sc(I)c2nccnc12. The van der Waals surface area contributed by atoms with Gasteiger partial charge in [0.15, 0.2) is 0 Å². The summed E-state index contributed by atoms with van der Waals surface area (Å²) in [7, 11) is 0. The van der Waals surface area contributed by atoms with Crippen molar-refractivity contribution in [2.45, 2.75) is 6.92 Å². The van der Waals surface area contributed by atoms with Crippen LogP contribution >= 0.6 is 33.9 Å². The van der Waals surface area contributed by atoms with Gasteiger partial charge in [0, 0.05) is 17.3 Å². The van der Waals surface area contributed by atoms with Crippen LogP contribution in [-0.2, 0) is 0 Å². The van der Waals surface area contributed by atoms with E-state index in [1.807, 2.05) is 0 Å². The number of thiophene rings is 1. The molecule has 0 aromatic carbocycles. The number of hydrogen-bond acceptors (Lipinski definition) is 3. The van der Waals surface area contributed by atoms with Crippen molar-refractivity contribution in [3.8, 4) is 0 Å². The molecule has 0 N–H and O–H groups in total. The highest BCUT2D eigenvalue weighted by atomic mass is 127. The van der Waals surface area contributed by atoms with Crippen molar-refractivity contribution in [1.29, 1.82) is 0 Å². The molecule has 4 heteroatoms. The molecule has 2 nitrogen and oxygen atoms in total. The van der Waals surface area contributed by atoms with Crippen LogP contribution in [-0.4, -0.2) is 9.97 Å². The third-order valence-electron chi connectivity index (χ3n) is 1.46. The molecule has 0 radical (unpaired) electrons. The Kier molecular flexibility index (Phi) is 1.80. The maximum atomic E-state index is 4.24. The fraction of sp³-hybridized carbons (Fsp3) is 0.143. The van der Waals surface area contributed by atoms with E-state index in [-0.39, 0.29) is 0 Å². The van der Waals surface area contributed by atoms with E-state index in [9.17, 15) is 0 Å². The van der Waals surface area contributed by atoms with Gasteiger partial charge in [-0.2, -0.15) is 0 Å². The zero-order valence-electron chi connectivity index (χ0n) is 5.84. The van der Waals surface area contributed by atoms with Crippen LogP contribution in [0.4, 0.5) is 0 Å². The highest BCUT2D eigenvalue weighted by Gasteiger charge is 2.06. The first-order valence-corrected chi connectivity index (χ1v) is 5.04. The van der Waals surface area contributed by atoms with Crippen molar-refractivity contribution in [3.05, 3.63) is 20.2 Å². The molecular formula is C7H5IN2S. The molecular weight excluding hydrogens is 271 g/mol. The highest BCUT2D eigenvalue weighted by Crippen LogP contribution is 2.27. The molecule has 0 amide bonds. The topological polar surface area (TPSA) is 25.8 Å². The summed E-state index contributed by atoms with van der Waals surface area (Å²) < 4.78 is 1.23. The van der Waals surface area contributed by atoms with Gasteiger partial charge in [0.25, 0.3) is 0 Å². The molecule has 0 spiro atoms. The molecule has 0 saturated carbocycles. The van der Waals surface area contributed by atoms with E-state index in [2.05, 4.69) is 39.5 Å². The summed E-state index contributed by atoms with van der Waals surface area (Å²) in [6, 6.07) is 0. The molecule has 0 bridgehead atoms. The van der Waals surface area contributed by atoms with Crippen LogP contribution in [0.5, 0.6) is 0 Å². The minimum absolute atomic E-state index is 1.04. The first-order chi connectivity index (χ1) is 5.29. The number of nitrogens with zero attached hydrogens (tertiary/aromatic N) is 2. The third-order valence-corrected chi connectivity index (χ3v) is 3.50. The summed E-state index contributed by atoms with van der Waals surface area (Å²) >= 11 is 4.04. The van der Waals surface area contributed by atoms with Crippen molar-refractivity contribution in [1.82, 2.24) is 9.97 Å². The van der Waals surface area contributed by atoms with Gasteiger partial charge in [0.2, 0.25) is 0 Å². The van der Waals surface area contributed by atoms with Gasteiger partial charge in [0.1, 0.15) is 11.0 Å². The molecule has 11 heavy (non-hydrogen) atoms. The van der Waals surface area contributed by atoms with Crippen molar-refractivity contribution in [2.75, 3.05) is 0 Å². The molecule has 0 unspecified atom stereocenters. The fourth-order valence-electron chi connectivity index (χ4n) is 0.971. The normalized spacial score (nSPS) is 10.7. The van der Waals surface area contributed by atoms with E-state index in [1.54, 1.807) is 23.7 Å². The number of rotatable bonds is 0. The Morgan fingerprint density at radius 3 is 2.55 bits per heavy atom. The predicted molar refractivity (Wildman–Crippen MR) is 54.9 cm³/mol. The second-order valence-electron chi connectivity index (χ2n) is 2.19. The number of hydrogen-bond donors (Lipinski definition) is 0. The monoisotopic (exact) mass is 276 g/mol. The van der Waals surface area contributed by atoms with Gasteiger partial charge in [-0.3, -0.25) is 9.97 Å². The summed E-state index contributed by atoms with van der Waals surface area (Å²) in [6.07, 6.45) is 3.47. The van der Waals surface area contributed by atoms with E-state index in [4.69, 9.17) is 0 Å². The largest absolute Gasteiger partial charge is 0.252 e. The Labute approximate surface area is 81.8 Å². The summed E-state index contributed by atoms with van der Waals surface area (Å²) in [4.78, 5) is 9.73. The number of aryl methyl sites for hydroxylation is 1.